The summed E-state index contributed by atoms with van der Waals surface area (Å²) in [4.78, 5) is 11.0. The molecule has 1 aliphatic rings. The quantitative estimate of drug-likeness (QED) is 0.909. The predicted molar refractivity (Wildman–Crippen MR) is 74.1 cm³/mol. The van der Waals surface area contributed by atoms with Gasteiger partial charge in [0.25, 0.3) is 0 Å². The number of halogens is 4. The zero-order valence-corrected chi connectivity index (χ0v) is 12.2. The maximum Gasteiger partial charge on any atom is 0.410 e. The molecule has 1 aromatic heterocycles. The summed E-state index contributed by atoms with van der Waals surface area (Å²) in [5, 5.41) is 16.9. The summed E-state index contributed by atoms with van der Waals surface area (Å²) >= 11 is 5.87. The van der Waals surface area contributed by atoms with E-state index in [4.69, 9.17) is 11.6 Å². The van der Waals surface area contributed by atoms with Crippen LogP contribution in [0.5, 0.6) is 0 Å². The molecule has 3 rings (SSSR count). The second-order valence-corrected chi connectivity index (χ2v) is 5.52. The highest BCUT2D eigenvalue weighted by Gasteiger charge is 2.47. The Hall–Kier alpha value is -2.22. The summed E-state index contributed by atoms with van der Waals surface area (Å²) in [6.45, 7) is 0. The zero-order chi connectivity index (χ0) is 16.8. The first kappa shape index (κ1) is 15.7. The van der Waals surface area contributed by atoms with Crippen molar-refractivity contribution in [2.24, 2.45) is 0 Å². The Bertz CT molecular complexity index is 746. The summed E-state index contributed by atoms with van der Waals surface area (Å²) in [7, 11) is 0. The van der Waals surface area contributed by atoms with Crippen LogP contribution in [0.3, 0.4) is 0 Å². The van der Waals surface area contributed by atoms with Crippen LogP contribution in [0.2, 0.25) is 5.02 Å². The number of benzene rings is 1. The van der Waals surface area contributed by atoms with Gasteiger partial charge >= 0.3 is 6.18 Å². The number of fused-ring (bicyclic) bond motifs is 1. The lowest BCUT2D eigenvalue weighted by Crippen LogP contribution is -2.36. The van der Waals surface area contributed by atoms with E-state index in [-0.39, 0.29) is 17.3 Å². The number of nitrogens with zero attached hydrogens (tertiary/aromatic N) is 2. The van der Waals surface area contributed by atoms with E-state index in [1.807, 2.05) is 0 Å². The third kappa shape index (κ3) is 2.74. The molecule has 122 valence electrons. The van der Waals surface area contributed by atoms with Crippen molar-refractivity contribution in [2.75, 3.05) is 5.32 Å². The van der Waals surface area contributed by atoms with Gasteiger partial charge in [-0.05, 0) is 5.56 Å². The Kier molecular flexibility index (Phi) is 3.71. The Morgan fingerprint density at radius 2 is 2.00 bits per heavy atom. The van der Waals surface area contributed by atoms with E-state index >= 15 is 0 Å². The maximum atomic E-state index is 13.4. The molecule has 1 aromatic carbocycles. The molecule has 2 aromatic rings. The third-order valence-corrected chi connectivity index (χ3v) is 4.05. The fourth-order valence-corrected chi connectivity index (χ4v) is 2.88. The first-order chi connectivity index (χ1) is 10.8. The summed E-state index contributed by atoms with van der Waals surface area (Å²) in [5.74, 6) is -1.90. The van der Waals surface area contributed by atoms with E-state index in [1.54, 1.807) is 30.3 Å². The SMILES string of the molecule is O=C([O-])c1nn2c(c1Cl)N[C@@H](c1ccccc1)C[C@@H]2C(F)(F)F. The van der Waals surface area contributed by atoms with Crippen LogP contribution < -0.4 is 10.4 Å². The van der Waals surface area contributed by atoms with E-state index in [2.05, 4.69) is 10.4 Å². The Morgan fingerprint density at radius 1 is 1.35 bits per heavy atom. The average Bonchev–Trinajstić information content (AvgIpc) is 2.84. The maximum absolute atomic E-state index is 13.4. The van der Waals surface area contributed by atoms with Gasteiger partial charge in [-0.25, -0.2) is 4.68 Å². The number of hydrogen-bond acceptors (Lipinski definition) is 4. The lowest BCUT2D eigenvalue weighted by Gasteiger charge is -2.33. The highest BCUT2D eigenvalue weighted by atomic mass is 35.5. The van der Waals surface area contributed by atoms with Crippen LogP contribution in [-0.2, 0) is 0 Å². The molecule has 2 heterocycles. The topological polar surface area (TPSA) is 70.0 Å². The number of aromatic carboxylic acids is 1. The normalized spacial score (nSPS) is 20.7. The van der Waals surface area contributed by atoms with Crippen molar-refractivity contribution in [3.63, 3.8) is 0 Å². The van der Waals surface area contributed by atoms with Crippen molar-refractivity contribution in [1.82, 2.24) is 9.78 Å². The van der Waals surface area contributed by atoms with Crippen LogP contribution in [0.1, 0.15) is 34.6 Å². The fraction of sp³-hybridized carbons (Fsp3) is 0.286. The van der Waals surface area contributed by atoms with Crippen molar-refractivity contribution in [3.8, 4) is 0 Å². The monoisotopic (exact) mass is 344 g/mol. The van der Waals surface area contributed by atoms with Crippen molar-refractivity contribution >= 4 is 23.4 Å². The van der Waals surface area contributed by atoms with Crippen molar-refractivity contribution in [2.45, 2.75) is 24.7 Å². The molecule has 1 N–H and O–H groups in total. The summed E-state index contributed by atoms with van der Waals surface area (Å²) in [6, 6.07) is 5.89. The summed E-state index contributed by atoms with van der Waals surface area (Å²) in [6.07, 6.45) is -4.92. The van der Waals surface area contributed by atoms with Gasteiger partial charge in [-0.2, -0.15) is 18.3 Å². The summed E-state index contributed by atoms with van der Waals surface area (Å²) < 4.78 is 40.6. The number of rotatable bonds is 2. The minimum absolute atomic E-state index is 0.173. The van der Waals surface area contributed by atoms with E-state index < -0.39 is 29.9 Å². The number of nitrogens with one attached hydrogen (secondary N) is 1. The van der Waals surface area contributed by atoms with Crippen molar-refractivity contribution < 1.29 is 23.1 Å². The predicted octanol–water partition coefficient (Wildman–Crippen LogP) is 2.56. The molecule has 23 heavy (non-hydrogen) atoms. The smallest absolute Gasteiger partial charge is 0.410 e. The van der Waals surface area contributed by atoms with Crippen LogP contribution >= 0.6 is 11.6 Å². The Morgan fingerprint density at radius 3 is 2.57 bits per heavy atom. The minimum atomic E-state index is -4.59. The van der Waals surface area contributed by atoms with Crippen LogP contribution in [0.15, 0.2) is 30.3 Å². The molecule has 1 aliphatic heterocycles. The number of carboxylic acid groups (broad SMARTS) is 1. The molecule has 0 saturated carbocycles. The zero-order valence-electron chi connectivity index (χ0n) is 11.5. The number of carboxylic acids is 1. The van der Waals surface area contributed by atoms with Gasteiger partial charge in [-0.1, -0.05) is 41.9 Å². The average molecular weight is 345 g/mol. The minimum Gasteiger partial charge on any atom is -0.543 e. The van der Waals surface area contributed by atoms with Crippen LogP contribution in [0, 0.1) is 0 Å². The molecular weight excluding hydrogens is 335 g/mol. The fourth-order valence-electron chi connectivity index (χ4n) is 2.62. The number of aromatic nitrogens is 2. The van der Waals surface area contributed by atoms with Gasteiger partial charge in [0, 0.05) is 6.42 Å². The van der Waals surface area contributed by atoms with Gasteiger partial charge in [0.2, 0.25) is 0 Å². The Balaban J connectivity index is 2.10. The number of carbonyl (C=O) groups is 1. The van der Waals surface area contributed by atoms with Crippen molar-refractivity contribution in [1.29, 1.82) is 0 Å². The largest absolute Gasteiger partial charge is 0.543 e. The van der Waals surface area contributed by atoms with Gasteiger partial charge in [0.1, 0.15) is 16.5 Å². The van der Waals surface area contributed by atoms with Gasteiger partial charge in [0.15, 0.2) is 6.04 Å². The van der Waals surface area contributed by atoms with Gasteiger partial charge in [-0.3, -0.25) is 0 Å². The van der Waals surface area contributed by atoms with Crippen LogP contribution in [0.4, 0.5) is 19.0 Å². The first-order valence-corrected chi connectivity index (χ1v) is 7.04. The standard InChI is InChI=1S/C14H11ClF3N3O2/c15-10-11(13(22)23)20-21-9(14(16,17)18)6-8(19-12(10)21)7-4-2-1-3-5-7/h1-5,8-9,19H,6H2,(H,22,23)/p-1/t8-,9-/m1/s1. The lowest BCUT2D eigenvalue weighted by atomic mass is 9.97. The van der Waals surface area contributed by atoms with E-state index in [1.165, 1.54) is 0 Å². The Labute approximate surface area is 133 Å². The second-order valence-electron chi connectivity index (χ2n) is 5.14. The number of alkyl halides is 3. The molecular formula is C14H10ClF3N3O2-. The van der Waals surface area contributed by atoms with Gasteiger partial charge in [-0.15, -0.1) is 0 Å². The van der Waals surface area contributed by atoms with E-state index in [0.29, 0.717) is 10.2 Å². The van der Waals surface area contributed by atoms with Crippen molar-refractivity contribution in [3.05, 3.63) is 46.6 Å². The molecule has 2 atom stereocenters. The lowest BCUT2D eigenvalue weighted by molar-refractivity contribution is -0.255. The molecule has 0 radical (unpaired) electrons. The number of hydrogen-bond donors (Lipinski definition) is 1. The molecule has 0 amide bonds. The van der Waals surface area contributed by atoms with Gasteiger partial charge < -0.3 is 15.2 Å². The molecule has 0 unspecified atom stereocenters. The first-order valence-electron chi connectivity index (χ1n) is 6.66. The van der Waals surface area contributed by atoms with Crippen LogP contribution in [-0.4, -0.2) is 21.9 Å². The molecule has 0 bridgehead atoms. The number of anilines is 1. The third-order valence-electron chi connectivity index (χ3n) is 3.69. The highest BCUT2D eigenvalue weighted by molar-refractivity contribution is 6.35. The molecule has 9 heteroatoms. The number of carbonyl (C=O) groups excluding carboxylic acids is 1. The van der Waals surface area contributed by atoms with E-state index in [0.717, 1.165) is 0 Å². The summed E-state index contributed by atoms with van der Waals surface area (Å²) in [5.41, 5.74) is -0.0719. The second kappa shape index (κ2) is 5.45. The molecule has 0 aliphatic carbocycles. The van der Waals surface area contributed by atoms with Gasteiger partial charge in [0.05, 0.1) is 12.0 Å². The molecule has 0 fully saturated rings. The van der Waals surface area contributed by atoms with E-state index in [9.17, 15) is 23.1 Å². The molecule has 5 nitrogen and oxygen atoms in total. The molecule has 0 spiro atoms. The highest BCUT2D eigenvalue weighted by Crippen LogP contribution is 2.46. The van der Waals surface area contributed by atoms with Crippen LogP contribution in [0.25, 0.3) is 0 Å². The molecule has 0 saturated heterocycles.